The van der Waals surface area contributed by atoms with Gasteiger partial charge in [0.2, 0.25) is 10.0 Å². The number of imidazole rings is 1. The van der Waals surface area contributed by atoms with Crippen molar-refractivity contribution >= 4 is 27.3 Å². The summed E-state index contributed by atoms with van der Waals surface area (Å²) in [5.74, 6) is 0.0138. The fourth-order valence-corrected chi connectivity index (χ4v) is 5.58. The minimum Gasteiger partial charge on any atom is -0.349 e. The molecule has 0 atom stereocenters. The molecular weight excluding hydrogens is 450 g/mol. The summed E-state index contributed by atoms with van der Waals surface area (Å²) in [5, 5.41) is 3.06. The topological polar surface area (TPSA) is 95.8 Å². The molecule has 8 nitrogen and oxygen atoms in total. The van der Waals surface area contributed by atoms with E-state index in [0.717, 1.165) is 50.0 Å². The van der Waals surface area contributed by atoms with E-state index in [4.69, 9.17) is 0 Å². The van der Waals surface area contributed by atoms with Crippen molar-refractivity contribution in [2.45, 2.75) is 44.6 Å². The quantitative estimate of drug-likeness (QED) is 0.513. The lowest BCUT2D eigenvalue weighted by molar-refractivity contribution is 0.0916. The van der Waals surface area contributed by atoms with Crippen molar-refractivity contribution in [3.05, 3.63) is 54.4 Å². The SMILES string of the molecule is O=C(NC1CCC1)c1ccc2nc(-c3cccc(NS(=O)(=O)CCN4CCCCC4)c3)cn2c1. The van der Waals surface area contributed by atoms with Crippen LogP contribution in [-0.4, -0.2) is 60.0 Å². The number of nitrogens with zero attached hydrogens (tertiary/aromatic N) is 3. The Morgan fingerprint density at radius 2 is 1.85 bits per heavy atom. The molecule has 0 unspecified atom stereocenters. The lowest BCUT2D eigenvalue weighted by Gasteiger charge is -2.26. The van der Waals surface area contributed by atoms with Gasteiger partial charge in [0.15, 0.2) is 0 Å². The third-order valence-corrected chi connectivity index (χ3v) is 7.98. The molecule has 2 N–H and O–H groups in total. The van der Waals surface area contributed by atoms with Crippen molar-refractivity contribution in [3.8, 4) is 11.3 Å². The summed E-state index contributed by atoms with van der Waals surface area (Å²) in [4.78, 5) is 19.4. The monoisotopic (exact) mass is 481 g/mol. The van der Waals surface area contributed by atoms with E-state index in [1.165, 1.54) is 12.8 Å². The lowest BCUT2D eigenvalue weighted by atomic mass is 9.93. The summed E-state index contributed by atoms with van der Waals surface area (Å²) in [6.45, 7) is 2.50. The molecule has 3 heterocycles. The van der Waals surface area contributed by atoms with E-state index in [1.807, 2.05) is 28.8 Å². The number of hydrogen-bond acceptors (Lipinski definition) is 5. The first-order chi connectivity index (χ1) is 16.4. The van der Waals surface area contributed by atoms with Gasteiger partial charge < -0.3 is 14.6 Å². The van der Waals surface area contributed by atoms with Gasteiger partial charge in [0, 0.05) is 36.2 Å². The van der Waals surface area contributed by atoms with Gasteiger partial charge in [-0.2, -0.15) is 0 Å². The first-order valence-corrected chi connectivity index (χ1v) is 13.7. The Bertz CT molecular complexity index is 1280. The molecule has 180 valence electrons. The molecule has 0 bridgehead atoms. The number of piperidine rings is 1. The Balaban J connectivity index is 1.28. The van der Waals surface area contributed by atoms with Gasteiger partial charge in [0.05, 0.1) is 17.0 Å². The van der Waals surface area contributed by atoms with Gasteiger partial charge in [0.25, 0.3) is 5.91 Å². The van der Waals surface area contributed by atoms with E-state index in [-0.39, 0.29) is 17.7 Å². The minimum absolute atomic E-state index is 0.0668. The van der Waals surface area contributed by atoms with Crippen molar-refractivity contribution in [2.75, 3.05) is 30.1 Å². The number of pyridine rings is 1. The molecule has 3 aromatic rings. The maximum absolute atomic E-state index is 12.6. The van der Waals surface area contributed by atoms with Crippen molar-refractivity contribution in [2.24, 2.45) is 0 Å². The normalized spacial score (nSPS) is 17.4. The highest BCUT2D eigenvalue weighted by atomic mass is 32.2. The van der Waals surface area contributed by atoms with Gasteiger partial charge in [-0.15, -0.1) is 0 Å². The van der Waals surface area contributed by atoms with Crippen LogP contribution >= 0.6 is 0 Å². The van der Waals surface area contributed by atoms with Crippen LogP contribution in [0.25, 0.3) is 16.9 Å². The van der Waals surface area contributed by atoms with Crippen molar-refractivity contribution in [1.82, 2.24) is 19.6 Å². The summed E-state index contributed by atoms with van der Waals surface area (Å²) in [6.07, 6.45) is 10.4. The first kappa shape index (κ1) is 22.9. The number of hydrogen-bond donors (Lipinski definition) is 2. The molecule has 1 saturated heterocycles. The third kappa shape index (κ3) is 5.42. The number of sulfonamides is 1. The average molecular weight is 482 g/mol. The van der Waals surface area contributed by atoms with Crippen LogP contribution in [0.3, 0.4) is 0 Å². The van der Waals surface area contributed by atoms with E-state index in [2.05, 4.69) is 19.9 Å². The lowest BCUT2D eigenvalue weighted by Crippen LogP contribution is -2.39. The van der Waals surface area contributed by atoms with Gasteiger partial charge in [-0.3, -0.25) is 9.52 Å². The third-order valence-electron chi connectivity index (χ3n) is 6.71. The Kier molecular flexibility index (Phi) is 6.56. The van der Waals surface area contributed by atoms with E-state index in [9.17, 15) is 13.2 Å². The predicted octanol–water partition coefficient (Wildman–Crippen LogP) is 3.51. The van der Waals surface area contributed by atoms with Gasteiger partial charge in [-0.25, -0.2) is 13.4 Å². The van der Waals surface area contributed by atoms with Crippen LogP contribution in [0.2, 0.25) is 0 Å². The molecule has 1 aliphatic carbocycles. The molecule has 2 fully saturated rings. The molecule has 1 saturated carbocycles. The number of carbonyl (C=O) groups is 1. The average Bonchev–Trinajstić information content (AvgIpc) is 3.24. The second kappa shape index (κ2) is 9.76. The number of rotatable bonds is 8. The predicted molar refractivity (Wildman–Crippen MR) is 133 cm³/mol. The summed E-state index contributed by atoms with van der Waals surface area (Å²) < 4.78 is 29.8. The number of amides is 1. The van der Waals surface area contributed by atoms with Gasteiger partial charge in [0.1, 0.15) is 5.65 Å². The molecule has 9 heteroatoms. The van der Waals surface area contributed by atoms with E-state index < -0.39 is 10.0 Å². The minimum atomic E-state index is -3.44. The van der Waals surface area contributed by atoms with Crippen LogP contribution in [0.4, 0.5) is 5.69 Å². The standard InChI is InChI=1S/C25H31N5O3S/c31-25(26-21-7-5-8-21)20-10-11-24-27-23(18-30(24)17-20)19-6-4-9-22(16-19)28-34(32,33)15-14-29-12-2-1-3-13-29/h4,6,9-11,16-18,21,28H,1-3,5,7-8,12-15H2,(H,26,31). The summed E-state index contributed by atoms with van der Waals surface area (Å²) in [7, 11) is -3.44. The Labute approximate surface area is 200 Å². The maximum Gasteiger partial charge on any atom is 0.252 e. The highest BCUT2D eigenvalue weighted by Gasteiger charge is 2.20. The number of carbonyl (C=O) groups excluding carboxylic acids is 1. The number of nitrogens with one attached hydrogen (secondary N) is 2. The van der Waals surface area contributed by atoms with Gasteiger partial charge >= 0.3 is 0 Å². The smallest absolute Gasteiger partial charge is 0.252 e. The summed E-state index contributed by atoms with van der Waals surface area (Å²) in [5.41, 5.74) is 3.36. The Hall–Kier alpha value is -2.91. The number of likely N-dealkylation sites (tertiary alicyclic amines) is 1. The molecule has 5 rings (SSSR count). The van der Waals surface area contributed by atoms with Crippen LogP contribution in [0.5, 0.6) is 0 Å². The Morgan fingerprint density at radius 1 is 1.03 bits per heavy atom. The largest absolute Gasteiger partial charge is 0.349 e. The molecule has 2 aromatic heterocycles. The van der Waals surface area contributed by atoms with Crippen LogP contribution < -0.4 is 10.0 Å². The summed E-state index contributed by atoms with van der Waals surface area (Å²) in [6, 6.07) is 11.2. The molecule has 34 heavy (non-hydrogen) atoms. The van der Waals surface area contributed by atoms with E-state index in [1.54, 1.807) is 24.4 Å². The molecule has 1 aliphatic heterocycles. The first-order valence-electron chi connectivity index (χ1n) is 12.1. The highest BCUT2D eigenvalue weighted by molar-refractivity contribution is 7.92. The fraction of sp³-hybridized carbons (Fsp3) is 0.440. The van der Waals surface area contributed by atoms with Crippen molar-refractivity contribution < 1.29 is 13.2 Å². The van der Waals surface area contributed by atoms with Crippen molar-refractivity contribution in [3.63, 3.8) is 0 Å². The number of fused-ring (bicyclic) bond motifs is 1. The molecule has 1 aromatic carbocycles. The van der Waals surface area contributed by atoms with Crippen LogP contribution in [0.1, 0.15) is 48.9 Å². The highest BCUT2D eigenvalue weighted by Crippen LogP contribution is 2.24. The number of benzene rings is 1. The zero-order valence-electron chi connectivity index (χ0n) is 19.2. The molecular formula is C25H31N5O3S. The van der Waals surface area contributed by atoms with Crippen molar-refractivity contribution in [1.29, 1.82) is 0 Å². The van der Waals surface area contributed by atoms with Gasteiger partial charge in [-0.1, -0.05) is 18.6 Å². The molecule has 1 amide bonds. The number of anilines is 1. The second-order valence-corrected chi connectivity index (χ2v) is 11.2. The number of aromatic nitrogens is 2. The second-order valence-electron chi connectivity index (χ2n) is 9.31. The summed E-state index contributed by atoms with van der Waals surface area (Å²) >= 11 is 0. The van der Waals surface area contributed by atoms with E-state index in [0.29, 0.717) is 23.5 Å². The molecule has 0 spiro atoms. The zero-order chi connectivity index (χ0) is 23.5. The molecule has 2 aliphatic rings. The van der Waals surface area contributed by atoms with Crippen LogP contribution in [0, 0.1) is 0 Å². The molecule has 0 radical (unpaired) electrons. The zero-order valence-corrected chi connectivity index (χ0v) is 20.1. The maximum atomic E-state index is 12.6. The van der Waals surface area contributed by atoms with E-state index >= 15 is 0 Å². The van der Waals surface area contributed by atoms with Gasteiger partial charge in [-0.05, 0) is 69.5 Å². The van der Waals surface area contributed by atoms with Crippen LogP contribution in [0.15, 0.2) is 48.8 Å². The van der Waals surface area contributed by atoms with Crippen LogP contribution in [-0.2, 0) is 10.0 Å². The Morgan fingerprint density at radius 3 is 2.62 bits per heavy atom. The fourth-order valence-electron chi connectivity index (χ4n) is 4.49.